The minimum atomic E-state index is -3.80. The number of aromatic carboxylic acids is 1. The van der Waals surface area contributed by atoms with Crippen LogP contribution in [0.15, 0.2) is 41.3 Å². The molecule has 0 heterocycles. The van der Waals surface area contributed by atoms with E-state index in [0.717, 1.165) is 0 Å². The van der Waals surface area contributed by atoms with Crippen molar-refractivity contribution in [2.45, 2.75) is 44.0 Å². The van der Waals surface area contributed by atoms with Gasteiger partial charge in [-0.3, -0.25) is 10.0 Å². The molecule has 9 nitrogen and oxygen atoms in total. The lowest BCUT2D eigenvalue weighted by Gasteiger charge is -2.19. The van der Waals surface area contributed by atoms with E-state index < -0.39 is 27.9 Å². The molecule has 11 heteroatoms. The summed E-state index contributed by atoms with van der Waals surface area (Å²) in [5.74, 6) is -2.14. The van der Waals surface area contributed by atoms with Crippen molar-refractivity contribution in [3.8, 4) is 0 Å². The first-order chi connectivity index (χ1) is 15.0. The maximum absolute atomic E-state index is 13.8. The van der Waals surface area contributed by atoms with E-state index in [1.807, 2.05) is 0 Å². The molecule has 0 aliphatic heterocycles. The fourth-order valence-electron chi connectivity index (χ4n) is 3.12. The fraction of sp³-hybridized carbons (Fsp3) is 0.333. The van der Waals surface area contributed by atoms with Crippen LogP contribution in [0.3, 0.4) is 0 Å². The second-order valence-corrected chi connectivity index (χ2v) is 9.09. The Morgan fingerprint density at radius 1 is 1.06 bits per heavy atom. The standard InChI is InChI=1S/C21H26FN3O6S/c1-13-11-16(12-14(2)19(13)22)24-18(20(26)25-29)5-3-4-10-23-32(30,31)17-8-6-15(7-9-17)21(27)28/h6-9,11-12,18,23-24,29H,3-5,10H2,1-2H3,(H,25,26)(H,27,28). The molecule has 2 aromatic rings. The molecule has 0 bridgehead atoms. The van der Waals surface area contributed by atoms with E-state index in [9.17, 15) is 22.4 Å². The average Bonchev–Trinajstić information content (AvgIpc) is 2.75. The first-order valence-corrected chi connectivity index (χ1v) is 11.3. The number of anilines is 1. The third-order valence-corrected chi connectivity index (χ3v) is 6.30. The molecule has 174 valence electrons. The van der Waals surface area contributed by atoms with Crippen molar-refractivity contribution in [1.29, 1.82) is 0 Å². The van der Waals surface area contributed by atoms with E-state index in [1.165, 1.54) is 24.3 Å². The van der Waals surface area contributed by atoms with Gasteiger partial charge in [0.25, 0.3) is 5.91 Å². The highest BCUT2D eigenvalue weighted by molar-refractivity contribution is 7.89. The molecule has 0 saturated heterocycles. The topological polar surface area (TPSA) is 145 Å². The summed E-state index contributed by atoms with van der Waals surface area (Å²) in [5.41, 5.74) is 2.94. The summed E-state index contributed by atoms with van der Waals surface area (Å²) >= 11 is 0. The number of hydroxylamine groups is 1. The Balaban J connectivity index is 1.90. The molecule has 0 spiro atoms. The fourth-order valence-corrected chi connectivity index (χ4v) is 4.19. The van der Waals surface area contributed by atoms with Gasteiger partial charge in [0.15, 0.2) is 0 Å². The zero-order valence-corrected chi connectivity index (χ0v) is 18.5. The van der Waals surface area contributed by atoms with Crippen molar-refractivity contribution in [3.63, 3.8) is 0 Å². The molecule has 0 radical (unpaired) electrons. The molecular formula is C21H26FN3O6S. The summed E-state index contributed by atoms with van der Waals surface area (Å²) in [4.78, 5) is 22.8. The zero-order valence-electron chi connectivity index (χ0n) is 17.7. The third-order valence-electron chi connectivity index (χ3n) is 4.83. The number of carboxylic acids is 1. The molecule has 1 amide bonds. The number of aryl methyl sites for hydroxylation is 2. The SMILES string of the molecule is Cc1cc(NC(CCCCNS(=O)(=O)c2ccc(C(=O)O)cc2)C(=O)NO)cc(C)c1F. The lowest BCUT2D eigenvalue weighted by molar-refractivity contribution is -0.130. The number of hydrogen-bond donors (Lipinski definition) is 5. The number of nitrogens with one attached hydrogen (secondary N) is 3. The molecule has 0 aromatic heterocycles. The summed E-state index contributed by atoms with van der Waals surface area (Å²) < 4.78 is 40.8. The van der Waals surface area contributed by atoms with E-state index in [2.05, 4.69) is 10.0 Å². The number of unbranched alkanes of at least 4 members (excludes halogenated alkanes) is 1. The van der Waals surface area contributed by atoms with Crippen molar-refractivity contribution in [3.05, 3.63) is 58.9 Å². The maximum Gasteiger partial charge on any atom is 0.335 e. The highest BCUT2D eigenvalue weighted by Crippen LogP contribution is 2.20. The number of amides is 1. The van der Waals surface area contributed by atoms with Crippen molar-refractivity contribution >= 4 is 27.6 Å². The molecular weight excluding hydrogens is 441 g/mol. The average molecular weight is 468 g/mol. The molecule has 2 rings (SSSR count). The summed E-state index contributed by atoms with van der Waals surface area (Å²) in [5, 5.41) is 20.8. The Morgan fingerprint density at radius 2 is 1.66 bits per heavy atom. The molecule has 0 fully saturated rings. The molecule has 1 atom stereocenters. The second kappa shape index (κ2) is 11.0. The smallest absolute Gasteiger partial charge is 0.335 e. The van der Waals surface area contributed by atoms with E-state index in [4.69, 9.17) is 10.3 Å². The van der Waals surface area contributed by atoms with Crippen molar-refractivity contribution < 1.29 is 32.7 Å². The summed E-state index contributed by atoms with van der Waals surface area (Å²) in [6.07, 6.45) is 1.15. The van der Waals surface area contributed by atoms with Crippen LogP contribution >= 0.6 is 0 Å². The van der Waals surface area contributed by atoms with Gasteiger partial charge in [-0.2, -0.15) is 0 Å². The second-order valence-electron chi connectivity index (χ2n) is 7.32. The third kappa shape index (κ3) is 6.74. The van der Waals surface area contributed by atoms with Gasteiger partial charge in [0.1, 0.15) is 11.9 Å². The number of halogens is 1. The van der Waals surface area contributed by atoms with E-state index in [0.29, 0.717) is 29.7 Å². The Labute approximate surface area is 185 Å². The largest absolute Gasteiger partial charge is 0.478 e. The van der Waals surface area contributed by atoms with Gasteiger partial charge in [-0.25, -0.2) is 27.8 Å². The van der Waals surface area contributed by atoms with Gasteiger partial charge in [-0.1, -0.05) is 0 Å². The number of carbonyl (C=O) groups is 2. The molecule has 0 aliphatic carbocycles. The van der Waals surface area contributed by atoms with Crippen molar-refractivity contribution in [2.75, 3.05) is 11.9 Å². The predicted octanol–water partition coefficient (Wildman–Crippen LogP) is 2.58. The number of sulfonamides is 1. The van der Waals surface area contributed by atoms with Crippen LogP contribution in [0.2, 0.25) is 0 Å². The number of carboxylic acid groups (broad SMARTS) is 1. The van der Waals surface area contributed by atoms with Crippen LogP contribution in [0.4, 0.5) is 10.1 Å². The van der Waals surface area contributed by atoms with Gasteiger partial charge >= 0.3 is 5.97 Å². The van der Waals surface area contributed by atoms with E-state index in [-0.39, 0.29) is 29.2 Å². The first-order valence-electron chi connectivity index (χ1n) is 9.85. The van der Waals surface area contributed by atoms with Crippen LogP contribution in [-0.2, 0) is 14.8 Å². The Kier molecular flexibility index (Phi) is 8.70. The van der Waals surface area contributed by atoms with Gasteiger partial charge in [-0.05, 0) is 80.6 Å². The maximum atomic E-state index is 13.8. The van der Waals surface area contributed by atoms with Crippen molar-refractivity contribution in [1.82, 2.24) is 10.2 Å². The zero-order chi connectivity index (χ0) is 23.9. The van der Waals surface area contributed by atoms with Crippen LogP contribution in [0.1, 0.15) is 40.7 Å². The minimum Gasteiger partial charge on any atom is -0.478 e. The molecule has 0 aliphatic rings. The van der Waals surface area contributed by atoms with Crippen LogP contribution in [0.5, 0.6) is 0 Å². The van der Waals surface area contributed by atoms with E-state index >= 15 is 0 Å². The van der Waals surface area contributed by atoms with Gasteiger partial charge < -0.3 is 10.4 Å². The number of carbonyl (C=O) groups excluding carboxylic acids is 1. The van der Waals surface area contributed by atoms with Crippen LogP contribution in [0.25, 0.3) is 0 Å². The monoisotopic (exact) mass is 467 g/mol. The van der Waals surface area contributed by atoms with Gasteiger partial charge in [-0.15, -0.1) is 0 Å². The minimum absolute atomic E-state index is 0.0174. The van der Waals surface area contributed by atoms with E-state index in [1.54, 1.807) is 31.5 Å². The number of hydrogen-bond acceptors (Lipinski definition) is 6. The number of benzene rings is 2. The summed E-state index contributed by atoms with van der Waals surface area (Å²) in [6.45, 7) is 3.32. The Bertz CT molecular complexity index is 1050. The first kappa shape index (κ1) is 25.2. The molecule has 32 heavy (non-hydrogen) atoms. The lowest BCUT2D eigenvalue weighted by Crippen LogP contribution is -2.38. The molecule has 2 aromatic carbocycles. The molecule has 5 N–H and O–H groups in total. The number of rotatable bonds is 11. The van der Waals surface area contributed by atoms with Crippen molar-refractivity contribution in [2.24, 2.45) is 0 Å². The Morgan fingerprint density at radius 3 is 2.19 bits per heavy atom. The quantitative estimate of drug-likeness (QED) is 0.194. The van der Waals surface area contributed by atoms with Gasteiger partial charge in [0, 0.05) is 12.2 Å². The normalized spacial score (nSPS) is 12.2. The van der Waals surface area contributed by atoms with Gasteiger partial charge in [0.2, 0.25) is 10.0 Å². The Hall–Kier alpha value is -3.02. The highest BCUT2D eigenvalue weighted by Gasteiger charge is 2.19. The van der Waals surface area contributed by atoms with Crippen LogP contribution in [0, 0.1) is 19.7 Å². The van der Waals surface area contributed by atoms with Crippen LogP contribution < -0.4 is 15.5 Å². The lowest BCUT2D eigenvalue weighted by atomic mass is 10.1. The highest BCUT2D eigenvalue weighted by atomic mass is 32.2. The summed E-state index contributed by atoms with van der Waals surface area (Å²) in [7, 11) is -3.80. The predicted molar refractivity (Wildman–Crippen MR) is 116 cm³/mol. The van der Waals surface area contributed by atoms with Crippen LogP contribution in [-0.4, -0.2) is 43.2 Å². The molecule has 0 saturated carbocycles. The van der Waals surface area contributed by atoms with Gasteiger partial charge in [0.05, 0.1) is 10.5 Å². The summed E-state index contributed by atoms with van der Waals surface area (Å²) in [6, 6.07) is 7.16. The molecule has 1 unspecified atom stereocenters.